The van der Waals surface area contributed by atoms with Crippen LogP contribution in [0.2, 0.25) is 10.0 Å². The topological polar surface area (TPSA) is 49.9 Å². The van der Waals surface area contributed by atoms with E-state index in [1.165, 1.54) is 23.1 Å². The van der Waals surface area contributed by atoms with E-state index in [0.29, 0.717) is 36.8 Å². The van der Waals surface area contributed by atoms with Gasteiger partial charge in [-0.25, -0.2) is 4.39 Å². The van der Waals surface area contributed by atoms with Crippen LogP contribution in [0, 0.1) is 12.7 Å². The summed E-state index contributed by atoms with van der Waals surface area (Å²) in [6, 6.07) is 12.8. The molecule has 3 aromatic rings. The number of ether oxygens (including phenoxy) is 1. The second-order valence-corrected chi connectivity index (χ2v) is 10.7. The molecule has 0 radical (unpaired) electrons. The summed E-state index contributed by atoms with van der Waals surface area (Å²) in [4.78, 5) is 31.4. The van der Waals surface area contributed by atoms with Crippen LogP contribution in [0.25, 0.3) is 0 Å². The third-order valence-corrected chi connectivity index (χ3v) is 7.92. The molecule has 0 spiro atoms. The number of aryl methyl sites for hydroxylation is 1. The van der Waals surface area contributed by atoms with Gasteiger partial charge in [0.25, 0.3) is 5.91 Å². The minimum Gasteiger partial charge on any atom is -0.376 e. The first-order valence-corrected chi connectivity index (χ1v) is 13.3. The predicted molar refractivity (Wildman–Crippen MR) is 141 cm³/mol. The Hall–Kier alpha value is -2.45. The quantitative estimate of drug-likeness (QED) is 0.313. The fourth-order valence-electron chi connectivity index (χ4n) is 4.11. The molecule has 0 N–H and O–H groups in total. The molecule has 36 heavy (non-hydrogen) atoms. The van der Waals surface area contributed by atoms with E-state index in [9.17, 15) is 14.0 Å². The molecule has 190 valence electrons. The van der Waals surface area contributed by atoms with Crippen molar-refractivity contribution in [2.45, 2.75) is 39.0 Å². The lowest BCUT2D eigenvalue weighted by atomic mass is 10.1. The number of hydrogen-bond acceptors (Lipinski definition) is 4. The molecule has 2 heterocycles. The lowest BCUT2D eigenvalue weighted by Crippen LogP contribution is -2.45. The average Bonchev–Trinajstić information content (AvgIpc) is 3.52. The van der Waals surface area contributed by atoms with Crippen LogP contribution >= 0.6 is 34.5 Å². The van der Waals surface area contributed by atoms with Gasteiger partial charge in [0.15, 0.2) is 0 Å². The lowest BCUT2D eigenvalue weighted by Gasteiger charge is -2.29. The van der Waals surface area contributed by atoms with Crippen molar-refractivity contribution in [3.8, 4) is 0 Å². The minimum atomic E-state index is -0.333. The maximum absolute atomic E-state index is 13.7. The smallest absolute Gasteiger partial charge is 0.254 e. The molecule has 1 aromatic heterocycles. The molecule has 1 aliphatic rings. The van der Waals surface area contributed by atoms with Gasteiger partial charge in [-0.3, -0.25) is 9.59 Å². The van der Waals surface area contributed by atoms with Crippen LogP contribution in [0.3, 0.4) is 0 Å². The summed E-state index contributed by atoms with van der Waals surface area (Å²) in [7, 11) is 0. The van der Waals surface area contributed by atoms with E-state index in [0.717, 1.165) is 28.8 Å². The van der Waals surface area contributed by atoms with Crippen molar-refractivity contribution in [3.63, 3.8) is 0 Å². The lowest BCUT2D eigenvalue weighted by molar-refractivity contribution is -0.133. The second kappa shape index (κ2) is 12.2. The molecule has 1 unspecified atom stereocenters. The maximum atomic E-state index is 13.7. The molecule has 5 nitrogen and oxygen atoms in total. The van der Waals surface area contributed by atoms with Gasteiger partial charge in [-0.1, -0.05) is 35.3 Å². The molecule has 2 amide bonds. The summed E-state index contributed by atoms with van der Waals surface area (Å²) < 4.78 is 19.2. The molecule has 0 bridgehead atoms. The number of rotatable bonds is 9. The Morgan fingerprint density at radius 3 is 2.47 bits per heavy atom. The number of carbonyl (C=O) groups is 2. The summed E-state index contributed by atoms with van der Waals surface area (Å²) in [5, 5.41) is 2.62. The Balaban J connectivity index is 1.57. The average molecular weight is 549 g/mol. The van der Waals surface area contributed by atoms with Gasteiger partial charge in [-0.2, -0.15) is 0 Å². The monoisotopic (exact) mass is 548 g/mol. The van der Waals surface area contributed by atoms with Gasteiger partial charge in [-0.15, -0.1) is 11.3 Å². The Bertz CT molecular complexity index is 1210. The van der Waals surface area contributed by atoms with Crippen molar-refractivity contribution >= 4 is 46.4 Å². The Labute approximate surface area is 224 Å². The highest BCUT2D eigenvalue weighted by Crippen LogP contribution is 2.25. The van der Waals surface area contributed by atoms with Crippen LogP contribution in [0.5, 0.6) is 0 Å². The Morgan fingerprint density at radius 1 is 1.06 bits per heavy atom. The third kappa shape index (κ3) is 6.85. The maximum Gasteiger partial charge on any atom is 0.254 e. The first-order chi connectivity index (χ1) is 17.3. The van der Waals surface area contributed by atoms with Crippen molar-refractivity contribution in [2.75, 3.05) is 19.7 Å². The van der Waals surface area contributed by atoms with Gasteiger partial charge in [0, 0.05) is 30.1 Å². The molecule has 0 saturated carbocycles. The van der Waals surface area contributed by atoms with E-state index < -0.39 is 0 Å². The second-order valence-electron chi connectivity index (χ2n) is 8.85. The summed E-state index contributed by atoms with van der Waals surface area (Å²) in [6.07, 6.45) is 1.61. The van der Waals surface area contributed by atoms with Crippen molar-refractivity contribution in [1.82, 2.24) is 9.80 Å². The van der Waals surface area contributed by atoms with Gasteiger partial charge in [0.2, 0.25) is 5.91 Å². The van der Waals surface area contributed by atoms with E-state index in [2.05, 4.69) is 0 Å². The molecule has 4 rings (SSSR count). The van der Waals surface area contributed by atoms with Gasteiger partial charge in [0.1, 0.15) is 12.4 Å². The van der Waals surface area contributed by atoms with Gasteiger partial charge >= 0.3 is 0 Å². The van der Waals surface area contributed by atoms with Gasteiger partial charge in [-0.05, 0) is 72.7 Å². The molecular formula is C27H27Cl2FN2O3S. The number of nitrogens with zero attached hydrogens (tertiary/aromatic N) is 2. The van der Waals surface area contributed by atoms with Crippen LogP contribution in [0.4, 0.5) is 4.39 Å². The fourth-order valence-corrected chi connectivity index (χ4v) is 5.33. The number of halogens is 3. The van der Waals surface area contributed by atoms with E-state index in [1.54, 1.807) is 40.5 Å². The third-order valence-electron chi connectivity index (χ3n) is 6.17. The largest absolute Gasteiger partial charge is 0.376 e. The first kappa shape index (κ1) is 26.6. The van der Waals surface area contributed by atoms with Gasteiger partial charge in [0.05, 0.1) is 22.7 Å². The molecule has 1 fully saturated rings. The van der Waals surface area contributed by atoms with Crippen molar-refractivity contribution < 1.29 is 18.7 Å². The van der Waals surface area contributed by atoms with Crippen molar-refractivity contribution in [2.24, 2.45) is 0 Å². The molecule has 0 aliphatic carbocycles. The highest BCUT2D eigenvalue weighted by Gasteiger charge is 2.28. The molecular weight excluding hydrogens is 522 g/mol. The number of thiophene rings is 1. The number of carbonyl (C=O) groups excluding carboxylic acids is 2. The highest BCUT2D eigenvalue weighted by atomic mass is 35.5. The molecule has 1 aliphatic heterocycles. The van der Waals surface area contributed by atoms with Gasteiger partial charge < -0.3 is 14.5 Å². The Kier molecular flexibility index (Phi) is 9.01. The fraction of sp³-hybridized carbons (Fsp3) is 0.333. The Morgan fingerprint density at radius 2 is 1.83 bits per heavy atom. The first-order valence-electron chi connectivity index (χ1n) is 11.7. The zero-order valence-corrected chi connectivity index (χ0v) is 22.2. The van der Waals surface area contributed by atoms with Crippen LogP contribution in [0.15, 0.2) is 53.9 Å². The zero-order chi connectivity index (χ0) is 25.7. The summed E-state index contributed by atoms with van der Waals surface area (Å²) in [5.74, 6) is -0.856. The van der Waals surface area contributed by atoms with Crippen LogP contribution in [-0.2, 0) is 22.6 Å². The summed E-state index contributed by atoms with van der Waals surface area (Å²) in [5.41, 5.74) is 2.26. The normalized spacial score (nSPS) is 15.2. The standard InChI is InChI=1S/C27H27Cl2FN2O3S/c1-18-10-12-36-25(18)16-31(14-19-4-7-21(30)8-5-19)26(33)17-32(15-22-3-2-11-35-22)27(34)20-6-9-23(28)24(29)13-20/h4-10,12-13,22H,2-3,11,14-17H2,1H3. The van der Waals surface area contributed by atoms with Crippen LogP contribution in [-0.4, -0.2) is 47.4 Å². The van der Waals surface area contributed by atoms with E-state index in [4.69, 9.17) is 27.9 Å². The molecule has 2 aromatic carbocycles. The number of amides is 2. The van der Waals surface area contributed by atoms with E-state index in [-0.39, 0.29) is 35.3 Å². The number of benzene rings is 2. The highest BCUT2D eigenvalue weighted by molar-refractivity contribution is 7.10. The van der Waals surface area contributed by atoms with Crippen LogP contribution < -0.4 is 0 Å². The predicted octanol–water partition coefficient (Wildman–Crippen LogP) is 6.35. The van der Waals surface area contributed by atoms with Crippen molar-refractivity contribution in [1.29, 1.82) is 0 Å². The molecule has 1 saturated heterocycles. The zero-order valence-electron chi connectivity index (χ0n) is 19.9. The van der Waals surface area contributed by atoms with E-state index in [1.807, 2.05) is 18.4 Å². The summed E-state index contributed by atoms with van der Waals surface area (Å²) >= 11 is 13.8. The SMILES string of the molecule is Cc1ccsc1CN(Cc1ccc(F)cc1)C(=O)CN(CC1CCCO1)C(=O)c1ccc(Cl)c(Cl)c1. The van der Waals surface area contributed by atoms with Crippen LogP contribution in [0.1, 0.15) is 39.2 Å². The van der Waals surface area contributed by atoms with E-state index >= 15 is 0 Å². The number of hydrogen-bond donors (Lipinski definition) is 0. The minimum absolute atomic E-state index is 0.120. The summed E-state index contributed by atoms with van der Waals surface area (Å²) in [6.45, 7) is 3.52. The molecule has 1 atom stereocenters. The van der Waals surface area contributed by atoms with Crippen molar-refractivity contribution in [3.05, 3.63) is 91.3 Å². The molecule has 9 heteroatoms.